The highest BCUT2D eigenvalue weighted by atomic mass is 79.9. The maximum atomic E-state index is 5.80. The van der Waals surface area contributed by atoms with Gasteiger partial charge in [-0.25, -0.2) is 0 Å². The summed E-state index contributed by atoms with van der Waals surface area (Å²) in [5.41, 5.74) is 0. The van der Waals surface area contributed by atoms with E-state index in [9.17, 15) is 0 Å². The Morgan fingerprint density at radius 2 is 2.16 bits per heavy atom. The molecule has 0 aliphatic carbocycles. The second-order valence-corrected chi connectivity index (χ2v) is 5.07. The van der Waals surface area contributed by atoms with E-state index in [1.54, 1.807) is 7.11 Å². The second-order valence-electron chi connectivity index (χ2n) is 4.42. The van der Waals surface area contributed by atoms with E-state index in [0.717, 1.165) is 43.1 Å². The van der Waals surface area contributed by atoms with Gasteiger partial charge in [-0.2, -0.15) is 0 Å². The second kappa shape index (κ2) is 7.72. The quantitative estimate of drug-likeness (QED) is 0.748. The molecule has 1 unspecified atom stereocenters. The highest BCUT2D eigenvalue weighted by Crippen LogP contribution is 2.25. The zero-order valence-electron chi connectivity index (χ0n) is 11.2. The number of alkyl halides is 1. The fourth-order valence-corrected chi connectivity index (χ4v) is 2.73. The minimum absolute atomic E-state index is 0.440. The summed E-state index contributed by atoms with van der Waals surface area (Å²) < 4.78 is 16.5. The predicted octanol–water partition coefficient (Wildman–Crippen LogP) is 2.17. The topological polar surface area (TPSA) is 30.9 Å². The van der Waals surface area contributed by atoms with Gasteiger partial charge >= 0.3 is 0 Å². The van der Waals surface area contributed by atoms with E-state index in [2.05, 4.69) is 20.8 Å². The normalized spacial score (nSPS) is 20.2. The van der Waals surface area contributed by atoms with E-state index < -0.39 is 0 Å². The summed E-state index contributed by atoms with van der Waals surface area (Å²) in [5, 5.41) is 0.932. The Kier molecular flexibility index (Phi) is 5.94. The largest absolute Gasteiger partial charge is 0.493 e. The van der Waals surface area contributed by atoms with Crippen LogP contribution in [-0.4, -0.2) is 56.3 Å². The summed E-state index contributed by atoms with van der Waals surface area (Å²) in [7, 11) is 1.66. The number of rotatable bonds is 6. The molecule has 0 bridgehead atoms. The first-order chi connectivity index (χ1) is 9.35. The smallest absolute Gasteiger partial charge is 0.161 e. The van der Waals surface area contributed by atoms with Gasteiger partial charge in [-0.1, -0.05) is 28.1 Å². The van der Waals surface area contributed by atoms with Crippen LogP contribution in [0.5, 0.6) is 11.5 Å². The predicted molar refractivity (Wildman–Crippen MR) is 78.5 cm³/mol. The molecule has 0 aromatic heterocycles. The number of morpholine rings is 1. The molecule has 4 nitrogen and oxygen atoms in total. The van der Waals surface area contributed by atoms with Crippen LogP contribution in [0.15, 0.2) is 24.3 Å². The van der Waals surface area contributed by atoms with Crippen LogP contribution in [0.2, 0.25) is 0 Å². The third-order valence-electron chi connectivity index (χ3n) is 3.23. The molecule has 1 aliphatic heterocycles. The average molecular weight is 330 g/mol. The van der Waals surface area contributed by atoms with Crippen molar-refractivity contribution in [3.8, 4) is 11.5 Å². The SMILES string of the molecule is COc1ccccc1OCCN1CCOCC1CBr. The van der Waals surface area contributed by atoms with Crippen LogP contribution in [0.25, 0.3) is 0 Å². The lowest BCUT2D eigenvalue weighted by atomic mass is 10.2. The molecule has 0 saturated carbocycles. The van der Waals surface area contributed by atoms with E-state index in [0.29, 0.717) is 12.6 Å². The molecule has 1 atom stereocenters. The third kappa shape index (κ3) is 4.09. The van der Waals surface area contributed by atoms with E-state index in [1.807, 2.05) is 24.3 Å². The first-order valence-electron chi connectivity index (χ1n) is 6.48. The van der Waals surface area contributed by atoms with Gasteiger partial charge in [-0.05, 0) is 12.1 Å². The molecule has 1 aromatic rings. The molecule has 0 N–H and O–H groups in total. The van der Waals surface area contributed by atoms with E-state index >= 15 is 0 Å². The van der Waals surface area contributed by atoms with Gasteiger partial charge in [0.15, 0.2) is 11.5 Å². The Labute approximate surface area is 122 Å². The van der Waals surface area contributed by atoms with Crippen LogP contribution in [0.1, 0.15) is 0 Å². The monoisotopic (exact) mass is 329 g/mol. The molecular formula is C14H20BrNO3. The molecule has 1 aromatic carbocycles. The maximum Gasteiger partial charge on any atom is 0.161 e. The molecule has 1 saturated heterocycles. The highest BCUT2D eigenvalue weighted by Gasteiger charge is 2.21. The number of nitrogens with zero attached hydrogens (tertiary/aromatic N) is 1. The van der Waals surface area contributed by atoms with Gasteiger partial charge in [0.1, 0.15) is 6.61 Å². The first kappa shape index (κ1) is 14.6. The van der Waals surface area contributed by atoms with E-state index in [-0.39, 0.29) is 0 Å². The van der Waals surface area contributed by atoms with Crippen molar-refractivity contribution in [3.63, 3.8) is 0 Å². The van der Waals surface area contributed by atoms with Crippen LogP contribution < -0.4 is 9.47 Å². The van der Waals surface area contributed by atoms with E-state index in [4.69, 9.17) is 14.2 Å². The standard InChI is InChI=1S/C14H20BrNO3/c1-17-13-4-2-3-5-14(13)19-9-7-16-6-8-18-11-12(16)10-15/h2-5,12H,6-11H2,1H3. The van der Waals surface area contributed by atoms with E-state index in [1.165, 1.54) is 0 Å². The Bertz CT molecular complexity index is 389. The molecule has 106 valence electrons. The van der Waals surface area contributed by atoms with Crippen molar-refractivity contribution in [2.75, 3.05) is 45.4 Å². The summed E-state index contributed by atoms with van der Waals surface area (Å²) in [6, 6.07) is 8.17. The number of para-hydroxylation sites is 2. The summed E-state index contributed by atoms with van der Waals surface area (Å²) in [4.78, 5) is 2.40. The molecule has 0 spiro atoms. The van der Waals surface area contributed by atoms with Crippen LogP contribution in [-0.2, 0) is 4.74 Å². The lowest BCUT2D eigenvalue weighted by Gasteiger charge is -2.34. The summed E-state index contributed by atoms with van der Waals surface area (Å²) in [5.74, 6) is 1.58. The van der Waals surface area contributed by atoms with Crippen LogP contribution in [0.4, 0.5) is 0 Å². The highest BCUT2D eigenvalue weighted by molar-refractivity contribution is 9.09. The summed E-state index contributed by atoms with van der Waals surface area (Å²) >= 11 is 3.53. The molecule has 1 aliphatic rings. The van der Waals surface area contributed by atoms with Crippen molar-refractivity contribution in [1.29, 1.82) is 0 Å². The molecule has 0 amide bonds. The van der Waals surface area contributed by atoms with Gasteiger partial charge < -0.3 is 14.2 Å². The van der Waals surface area contributed by atoms with Gasteiger partial charge in [0, 0.05) is 24.5 Å². The number of methoxy groups -OCH3 is 1. The summed E-state index contributed by atoms with van der Waals surface area (Å²) in [6.45, 7) is 4.12. The fraction of sp³-hybridized carbons (Fsp3) is 0.571. The van der Waals surface area contributed by atoms with Gasteiger partial charge in [0.25, 0.3) is 0 Å². The molecule has 1 fully saturated rings. The average Bonchev–Trinajstić information content (AvgIpc) is 2.48. The van der Waals surface area contributed by atoms with Gasteiger partial charge in [-0.3, -0.25) is 4.90 Å². The Morgan fingerprint density at radius 3 is 2.89 bits per heavy atom. The van der Waals surface area contributed by atoms with Crippen molar-refractivity contribution in [2.45, 2.75) is 6.04 Å². The summed E-state index contributed by atoms with van der Waals surface area (Å²) in [6.07, 6.45) is 0. The first-order valence-corrected chi connectivity index (χ1v) is 7.61. The van der Waals surface area contributed by atoms with Crippen LogP contribution in [0, 0.1) is 0 Å². The van der Waals surface area contributed by atoms with Crippen molar-refractivity contribution >= 4 is 15.9 Å². The number of ether oxygens (including phenoxy) is 3. The third-order valence-corrected chi connectivity index (χ3v) is 3.98. The number of hydrogen-bond acceptors (Lipinski definition) is 4. The van der Waals surface area contributed by atoms with Crippen molar-refractivity contribution < 1.29 is 14.2 Å². The minimum atomic E-state index is 0.440. The van der Waals surface area contributed by atoms with Crippen molar-refractivity contribution in [2.24, 2.45) is 0 Å². The zero-order chi connectivity index (χ0) is 13.5. The lowest BCUT2D eigenvalue weighted by molar-refractivity contribution is -0.00307. The minimum Gasteiger partial charge on any atom is -0.493 e. The molecule has 5 heteroatoms. The molecule has 19 heavy (non-hydrogen) atoms. The van der Waals surface area contributed by atoms with Crippen LogP contribution in [0.3, 0.4) is 0 Å². The maximum absolute atomic E-state index is 5.80. The Hall–Kier alpha value is -0.780. The molecule has 2 rings (SSSR count). The lowest BCUT2D eigenvalue weighted by Crippen LogP contribution is -2.47. The number of hydrogen-bond donors (Lipinski definition) is 0. The molecule has 1 heterocycles. The number of benzene rings is 1. The molecular weight excluding hydrogens is 310 g/mol. The van der Waals surface area contributed by atoms with Gasteiger partial charge in [-0.15, -0.1) is 0 Å². The van der Waals surface area contributed by atoms with Crippen molar-refractivity contribution in [3.05, 3.63) is 24.3 Å². The van der Waals surface area contributed by atoms with Gasteiger partial charge in [0.2, 0.25) is 0 Å². The van der Waals surface area contributed by atoms with Gasteiger partial charge in [0.05, 0.1) is 20.3 Å². The molecule has 0 radical (unpaired) electrons. The Morgan fingerprint density at radius 1 is 1.37 bits per heavy atom. The Balaban J connectivity index is 1.82. The van der Waals surface area contributed by atoms with Crippen molar-refractivity contribution in [1.82, 2.24) is 4.90 Å². The zero-order valence-corrected chi connectivity index (χ0v) is 12.8. The number of halogens is 1. The fourth-order valence-electron chi connectivity index (χ4n) is 2.14. The van der Waals surface area contributed by atoms with Crippen LogP contribution >= 0.6 is 15.9 Å².